The highest BCUT2D eigenvalue weighted by Crippen LogP contribution is 2.19. The molecule has 1 saturated heterocycles. The first kappa shape index (κ1) is 12.8. The Morgan fingerprint density at radius 3 is 2.89 bits per heavy atom. The number of urea groups is 1. The number of nitrogens with two attached hydrogens (primary N) is 1. The van der Waals surface area contributed by atoms with Crippen molar-refractivity contribution in [2.45, 2.75) is 6.42 Å². The molecule has 0 aromatic heterocycles. The van der Waals surface area contributed by atoms with E-state index in [1.165, 1.54) is 6.07 Å². The molecule has 18 heavy (non-hydrogen) atoms. The molecule has 0 aliphatic carbocycles. The predicted molar refractivity (Wildman–Crippen MR) is 64.1 cm³/mol. The molecule has 0 radical (unpaired) electrons. The number of carbonyl (C=O) groups is 1. The van der Waals surface area contributed by atoms with Crippen LogP contribution in [0.2, 0.25) is 0 Å². The van der Waals surface area contributed by atoms with Gasteiger partial charge in [-0.25, -0.2) is 13.6 Å². The Morgan fingerprint density at radius 1 is 1.50 bits per heavy atom. The third kappa shape index (κ3) is 2.76. The van der Waals surface area contributed by atoms with Crippen molar-refractivity contribution in [2.75, 3.05) is 25.0 Å². The lowest BCUT2D eigenvalue weighted by molar-refractivity contribution is 0.221. The van der Waals surface area contributed by atoms with Crippen LogP contribution >= 0.6 is 0 Å². The van der Waals surface area contributed by atoms with E-state index in [1.807, 2.05) is 0 Å². The van der Waals surface area contributed by atoms with Gasteiger partial charge in [0, 0.05) is 19.2 Å². The molecule has 1 aromatic rings. The molecule has 1 aromatic carbocycles. The van der Waals surface area contributed by atoms with Crippen LogP contribution in [0.5, 0.6) is 0 Å². The SMILES string of the molecule is NCC1CCN(C(=O)Nc2ccc(F)cc2F)C1. The van der Waals surface area contributed by atoms with Crippen molar-refractivity contribution in [3.8, 4) is 0 Å². The van der Waals surface area contributed by atoms with Crippen molar-refractivity contribution in [2.24, 2.45) is 11.7 Å². The largest absolute Gasteiger partial charge is 0.330 e. The van der Waals surface area contributed by atoms with Crippen LogP contribution in [0.25, 0.3) is 0 Å². The number of likely N-dealkylation sites (tertiary alicyclic amines) is 1. The van der Waals surface area contributed by atoms with Crippen LogP contribution < -0.4 is 11.1 Å². The van der Waals surface area contributed by atoms with Gasteiger partial charge < -0.3 is 16.0 Å². The summed E-state index contributed by atoms with van der Waals surface area (Å²) < 4.78 is 26.1. The molecule has 3 N–H and O–H groups in total. The molecule has 6 heteroatoms. The van der Waals surface area contributed by atoms with E-state index in [1.54, 1.807) is 4.90 Å². The Labute approximate surface area is 104 Å². The van der Waals surface area contributed by atoms with Gasteiger partial charge in [0.25, 0.3) is 0 Å². The monoisotopic (exact) mass is 255 g/mol. The van der Waals surface area contributed by atoms with Gasteiger partial charge in [0.15, 0.2) is 0 Å². The quantitative estimate of drug-likeness (QED) is 0.846. The second kappa shape index (κ2) is 5.30. The van der Waals surface area contributed by atoms with Crippen LogP contribution in [-0.2, 0) is 0 Å². The summed E-state index contributed by atoms with van der Waals surface area (Å²) in [6.07, 6.45) is 0.857. The minimum absolute atomic E-state index is 0.0161. The number of anilines is 1. The third-order valence-electron chi connectivity index (χ3n) is 3.08. The van der Waals surface area contributed by atoms with E-state index < -0.39 is 11.6 Å². The molecule has 0 bridgehead atoms. The Balaban J connectivity index is 1.99. The van der Waals surface area contributed by atoms with Gasteiger partial charge in [-0.3, -0.25) is 0 Å². The summed E-state index contributed by atoms with van der Waals surface area (Å²) in [6, 6.07) is 2.67. The van der Waals surface area contributed by atoms with Crippen LogP contribution in [-0.4, -0.2) is 30.6 Å². The van der Waals surface area contributed by atoms with Gasteiger partial charge in [0.1, 0.15) is 11.6 Å². The summed E-state index contributed by atoms with van der Waals surface area (Å²) in [5.41, 5.74) is 5.51. The lowest BCUT2D eigenvalue weighted by atomic mass is 10.1. The van der Waals surface area contributed by atoms with Crippen LogP contribution in [0.1, 0.15) is 6.42 Å². The van der Waals surface area contributed by atoms with Crippen molar-refractivity contribution < 1.29 is 13.6 Å². The van der Waals surface area contributed by atoms with E-state index in [9.17, 15) is 13.6 Å². The molecule has 1 aliphatic rings. The first-order valence-electron chi connectivity index (χ1n) is 5.81. The van der Waals surface area contributed by atoms with Crippen molar-refractivity contribution in [1.29, 1.82) is 0 Å². The Kier molecular flexibility index (Phi) is 3.76. The van der Waals surface area contributed by atoms with Gasteiger partial charge in [-0.1, -0.05) is 0 Å². The van der Waals surface area contributed by atoms with Crippen LogP contribution in [0.15, 0.2) is 18.2 Å². The number of halogens is 2. The normalized spacial score (nSPS) is 19.1. The second-order valence-electron chi connectivity index (χ2n) is 4.39. The molecule has 1 aliphatic heterocycles. The Morgan fingerprint density at radius 2 is 2.28 bits per heavy atom. The fraction of sp³-hybridized carbons (Fsp3) is 0.417. The number of hydrogen-bond donors (Lipinski definition) is 2. The maximum atomic E-state index is 13.3. The minimum Gasteiger partial charge on any atom is -0.330 e. The van der Waals surface area contributed by atoms with Crippen LogP contribution in [0.4, 0.5) is 19.3 Å². The van der Waals surface area contributed by atoms with Gasteiger partial charge in [0.2, 0.25) is 0 Å². The molecule has 4 nitrogen and oxygen atoms in total. The summed E-state index contributed by atoms with van der Waals surface area (Å²) in [6.45, 7) is 1.72. The summed E-state index contributed by atoms with van der Waals surface area (Å²) >= 11 is 0. The maximum Gasteiger partial charge on any atom is 0.321 e. The summed E-state index contributed by atoms with van der Waals surface area (Å²) in [5, 5.41) is 2.43. The highest BCUT2D eigenvalue weighted by molar-refractivity contribution is 5.89. The van der Waals surface area contributed by atoms with E-state index in [2.05, 4.69) is 5.32 Å². The highest BCUT2D eigenvalue weighted by atomic mass is 19.1. The zero-order valence-corrected chi connectivity index (χ0v) is 9.83. The molecule has 0 saturated carbocycles. The molecule has 2 amide bonds. The van der Waals surface area contributed by atoms with Gasteiger partial charge >= 0.3 is 6.03 Å². The van der Waals surface area contributed by atoms with Gasteiger partial charge in [0.05, 0.1) is 5.69 Å². The van der Waals surface area contributed by atoms with E-state index >= 15 is 0 Å². The Hall–Kier alpha value is -1.69. The average Bonchev–Trinajstić information content (AvgIpc) is 2.81. The van der Waals surface area contributed by atoms with Crippen molar-refractivity contribution in [1.82, 2.24) is 4.90 Å². The fourth-order valence-electron chi connectivity index (χ4n) is 1.99. The van der Waals surface area contributed by atoms with Crippen LogP contribution in [0.3, 0.4) is 0 Å². The van der Waals surface area contributed by atoms with E-state index in [0.29, 0.717) is 25.6 Å². The average molecular weight is 255 g/mol. The summed E-state index contributed by atoms with van der Waals surface area (Å²) in [4.78, 5) is 13.4. The molecule has 1 unspecified atom stereocenters. The molecule has 1 heterocycles. The first-order chi connectivity index (χ1) is 8.60. The number of amides is 2. The molecular weight excluding hydrogens is 240 g/mol. The summed E-state index contributed by atoms with van der Waals surface area (Å²) in [7, 11) is 0. The topological polar surface area (TPSA) is 58.4 Å². The number of hydrogen-bond acceptors (Lipinski definition) is 2. The number of carbonyl (C=O) groups excluding carboxylic acids is 1. The third-order valence-corrected chi connectivity index (χ3v) is 3.08. The minimum atomic E-state index is -0.780. The van der Waals surface area contributed by atoms with Crippen LogP contribution in [0, 0.1) is 17.6 Å². The second-order valence-corrected chi connectivity index (χ2v) is 4.39. The van der Waals surface area contributed by atoms with E-state index in [-0.39, 0.29) is 11.7 Å². The standard InChI is InChI=1S/C12H15F2N3O/c13-9-1-2-11(10(14)5-9)16-12(18)17-4-3-8(6-15)7-17/h1-2,5,8H,3-4,6-7,15H2,(H,16,18). The number of nitrogens with zero attached hydrogens (tertiary/aromatic N) is 1. The number of benzene rings is 1. The van der Waals surface area contributed by atoms with Gasteiger partial charge in [-0.15, -0.1) is 0 Å². The van der Waals surface area contributed by atoms with Crippen molar-refractivity contribution >= 4 is 11.7 Å². The van der Waals surface area contributed by atoms with Crippen molar-refractivity contribution in [3.05, 3.63) is 29.8 Å². The predicted octanol–water partition coefficient (Wildman–Crippen LogP) is 1.78. The van der Waals surface area contributed by atoms with Gasteiger partial charge in [-0.05, 0) is 31.0 Å². The number of nitrogens with one attached hydrogen (secondary N) is 1. The molecular formula is C12H15F2N3O. The molecule has 2 rings (SSSR count). The molecule has 1 atom stereocenters. The number of rotatable bonds is 2. The lowest BCUT2D eigenvalue weighted by Gasteiger charge is -2.17. The van der Waals surface area contributed by atoms with E-state index in [4.69, 9.17) is 5.73 Å². The highest BCUT2D eigenvalue weighted by Gasteiger charge is 2.25. The zero-order valence-electron chi connectivity index (χ0n) is 9.83. The maximum absolute atomic E-state index is 13.3. The molecule has 1 fully saturated rings. The Bertz CT molecular complexity index is 453. The van der Waals surface area contributed by atoms with E-state index in [0.717, 1.165) is 18.6 Å². The fourth-order valence-corrected chi connectivity index (χ4v) is 1.99. The van der Waals surface area contributed by atoms with Crippen molar-refractivity contribution in [3.63, 3.8) is 0 Å². The smallest absolute Gasteiger partial charge is 0.321 e. The summed E-state index contributed by atoms with van der Waals surface area (Å²) in [5.74, 6) is -1.15. The first-order valence-corrected chi connectivity index (χ1v) is 5.81. The molecule has 0 spiro atoms. The van der Waals surface area contributed by atoms with Gasteiger partial charge in [-0.2, -0.15) is 0 Å². The zero-order chi connectivity index (χ0) is 13.1. The molecule has 98 valence electrons. The lowest BCUT2D eigenvalue weighted by Crippen LogP contribution is -2.34.